The first kappa shape index (κ1) is 24.1. The number of anilines is 1. The number of piperazine rings is 1. The van der Waals surface area contributed by atoms with Crippen LogP contribution in [0.1, 0.15) is 52.0 Å². The number of rotatable bonds is 4. The zero-order chi connectivity index (χ0) is 25.9. The zero-order valence-corrected chi connectivity index (χ0v) is 21.9. The lowest BCUT2D eigenvalue weighted by atomic mass is 10.0. The molecule has 190 valence electrons. The Morgan fingerprint density at radius 2 is 1.83 bits per heavy atom. The number of imidazole rings is 1. The van der Waals surface area contributed by atoms with Gasteiger partial charge in [0.2, 0.25) is 5.79 Å². The molecule has 2 aliphatic heterocycles. The second-order valence-corrected chi connectivity index (χ2v) is 10.4. The molecule has 10 heteroatoms. The van der Waals surface area contributed by atoms with Gasteiger partial charge in [-0.25, -0.2) is 9.78 Å². The summed E-state index contributed by atoms with van der Waals surface area (Å²) in [5, 5.41) is 9.22. The number of hydrogen-bond acceptors (Lipinski definition) is 8. The van der Waals surface area contributed by atoms with Crippen LogP contribution in [0.15, 0.2) is 23.0 Å². The van der Waals surface area contributed by atoms with Crippen molar-refractivity contribution in [3.8, 4) is 17.6 Å². The van der Waals surface area contributed by atoms with Crippen LogP contribution in [-0.2, 0) is 20.5 Å². The van der Waals surface area contributed by atoms with Crippen LogP contribution in [-0.4, -0.2) is 55.0 Å². The number of fused-ring (bicyclic) bond motifs is 2. The smallest absolute Gasteiger partial charge is 0.350 e. The average molecular weight is 492 g/mol. The van der Waals surface area contributed by atoms with Gasteiger partial charge in [-0.15, -0.1) is 0 Å². The standard InChI is InChI=1S/C26H33N7O3/c1-15-14-33(23-22-24(31(7)25(34)29-23)30(6)21(28-22)10-11-27)16(2)13-32(15)17(3)18-8-9-19-20(12-18)36-26(4,5)35-19/h8-9,12,15-17H,10,13-14H2,1-7H3/t15-,16+,17?/m1/s1. The normalized spacial score (nSPS) is 22.1. The minimum atomic E-state index is -0.652. The molecule has 0 amide bonds. The Kier molecular flexibility index (Phi) is 5.71. The Hall–Kier alpha value is -3.58. The number of ether oxygens (including phenoxy) is 2. The van der Waals surface area contributed by atoms with Gasteiger partial charge >= 0.3 is 5.69 Å². The number of aryl methyl sites for hydroxylation is 2. The Bertz CT molecular complexity index is 1430. The van der Waals surface area contributed by atoms with E-state index in [1.165, 1.54) is 10.1 Å². The minimum Gasteiger partial charge on any atom is -0.449 e. The molecule has 2 aliphatic rings. The molecule has 3 atom stereocenters. The number of hydrogen-bond donors (Lipinski definition) is 0. The highest BCUT2D eigenvalue weighted by Gasteiger charge is 2.36. The fraction of sp³-hybridized carbons (Fsp3) is 0.538. The van der Waals surface area contributed by atoms with Crippen LogP contribution in [0.4, 0.5) is 5.82 Å². The molecule has 0 N–H and O–H groups in total. The van der Waals surface area contributed by atoms with Crippen molar-refractivity contribution in [2.75, 3.05) is 18.0 Å². The van der Waals surface area contributed by atoms with Crippen molar-refractivity contribution in [3.05, 3.63) is 40.1 Å². The largest absolute Gasteiger partial charge is 0.449 e. The van der Waals surface area contributed by atoms with E-state index in [2.05, 4.69) is 53.8 Å². The Morgan fingerprint density at radius 3 is 2.56 bits per heavy atom. The highest BCUT2D eigenvalue weighted by Crippen LogP contribution is 2.41. The number of benzene rings is 1. The molecule has 10 nitrogen and oxygen atoms in total. The highest BCUT2D eigenvalue weighted by atomic mass is 16.7. The van der Waals surface area contributed by atoms with Crippen LogP contribution in [0, 0.1) is 11.3 Å². The number of aromatic nitrogens is 4. The van der Waals surface area contributed by atoms with Crippen LogP contribution in [0.5, 0.6) is 11.5 Å². The molecule has 0 bridgehead atoms. The van der Waals surface area contributed by atoms with E-state index >= 15 is 0 Å². The molecule has 0 saturated carbocycles. The van der Waals surface area contributed by atoms with E-state index in [-0.39, 0.29) is 30.2 Å². The summed E-state index contributed by atoms with van der Waals surface area (Å²) in [4.78, 5) is 26.6. The van der Waals surface area contributed by atoms with Crippen LogP contribution < -0.4 is 20.1 Å². The topological polar surface area (TPSA) is 101 Å². The molecule has 2 aromatic heterocycles. The summed E-state index contributed by atoms with van der Waals surface area (Å²) >= 11 is 0. The average Bonchev–Trinajstić information content (AvgIpc) is 3.31. The summed E-state index contributed by atoms with van der Waals surface area (Å²) in [6.45, 7) is 11.9. The summed E-state index contributed by atoms with van der Waals surface area (Å²) in [5.41, 5.74) is 2.17. The van der Waals surface area contributed by atoms with Gasteiger partial charge < -0.3 is 18.9 Å². The number of nitrogens with zero attached hydrogens (tertiary/aromatic N) is 7. The van der Waals surface area contributed by atoms with Gasteiger partial charge in [0.1, 0.15) is 17.0 Å². The van der Waals surface area contributed by atoms with Gasteiger partial charge in [0, 0.05) is 59.2 Å². The van der Waals surface area contributed by atoms with Crippen LogP contribution >= 0.6 is 0 Å². The molecule has 0 radical (unpaired) electrons. The van der Waals surface area contributed by atoms with Crippen molar-refractivity contribution in [1.29, 1.82) is 5.26 Å². The first-order chi connectivity index (χ1) is 17.0. The first-order valence-corrected chi connectivity index (χ1v) is 12.3. The Labute approximate surface area is 210 Å². The molecule has 5 rings (SSSR count). The van der Waals surface area contributed by atoms with Gasteiger partial charge in [0.25, 0.3) is 0 Å². The lowest BCUT2D eigenvalue weighted by Gasteiger charge is -2.47. The predicted octanol–water partition coefficient (Wildman–Crippen LogP) is 2.90. The molecular weight excluding hydrogens is 458 g/mol. The lowest BCUT2D eigenvalue weighted by molar-refractivity contribution is -0.0431. The maximum absolute atomic E-state index is 12.8. The van der Waals surface area contributed by atoms with Gasteiger partial charge in [-0.1, -0.05) is 6.07 Å². The second kappa shape index (κ2) is 8.52. The molecule has 1 fully saturated rings. The molecule has 1 unspecified atom stereocenters. The van der Waals surface area contributed by atoms with E-state index in [0.29, 0.717) is 29.4 Å². The van der Waals surface area contributed by atoms with Crippen LogP contribution in [0.25, 0.3) is 11.2 Å². The van der Waals surface area contributed by atoms with E-state index in [4.69, 9.17) is 14.5 Å². The summed E-state index contributed by atoms with van der Waals surface area (Å²) in [6.07, 6.45) is 0.169. The van der Waals surface area contributed by atoms with E-state index in [1.807, 2.05) is 31.5 Å². The summed E-state index contributed by atoms with van der Waals surface area (Å²) in [7, 11) is 3.53. The monoisotopic (exact) mass is 491 g/mol. The van der Waals surface area contributed by atoms with Gasteiger partial charge in [0.15, 0.2) is 17.3 Å². The third kappa shape index (κ3) is 3.88. The van der Waals surface area contributed by atoms with Gasteiger partial charge in [-0.05, 0) is 38.5 Å². The summed E-state index contributed by atoms with van der Waals surface area (Å²) < 4.78 is 15.1. The second-order valence-electron chi connectivity index (χ2n) is 10.4. The van der Waals surface area contributed by atoms with E-state index in [1.54, 1.807) is 7.05 Å². The fourth-order valence-electron chi connectivity index (χ4n) is 5.49. The van der Waals surface area contributed by atoms with Gasteiger partial charge in [0.05, 0.1) is 12.5 Å². The van der Waals surface area contributed by atoms with Crippen molar-refractivity contribution in [2.24, 2.45) is 14.1 Å². The molecule has 0 spiro atoms. The maximum Gasteiger partial charge on any atom is 0.350 e. The third-order valence-corrected chi connectivity index (χ3v) is 7.38. The molecule has 1 saturated heterocycles. The van der Waals surface area contributed by atoms with Gasteiger partial charge in [-0.3, -0.25) is 9.47 Å². The number of nitriles is 1. The zero-order valence-electron chi connectivity index (χ0n) is 21.9. The quantitative estimate of drug-likeness (QED) is 0.549. The molecule has 1 aromatic carbocycles. The Morgan fingerprint density at radius 1 is 1.11 bits per heavy atom. The minimum absolute atomic E-state index is 0.0980. The van der Waals surface area contributed by atoms with Crippen molar-refractivity contribution >= 4 is 17.0 Å². The molecule has 4 heterocycles. The van der Waals surface area contributed by atoms with Crippen molar-refractivity contribution in [2.45, 2.75) is 65.0 Å². The molecule has 0 aliphatic carbocycles. The van der Waals surface area contributed by atoms with Crippen LogP contribution in [0.2, 0.25) is 0 Å². The highest BCUT2D eigenvalue weighted by molar-refractivity contribution is 5.84. The summed E-state index contributed by atoms with van der Waals surface area (Å²) in [5.74, 6) is 2.11. The maximum atomic E-state index is 12.8. The third-order valence-electron chi connectivity index (χ3n) is 7.38. The molecular formula is C26H33N7O3. The lowest BCUT2D eigenvalue weighted by Crippen LogP contribution is -2.57. The van der Waals surface area contributed by atoms with Crippen molar-refractivity contribution in [1.82, 2.24) is 24.0 Å². The van der Waals surface area contributed by atoms with Crippen molar-refractivity contribution < 1.29 is 9.47 Å². The fourth-order valence-corrected chi connectivity index (χ4v) is 5.49. The van der Waals surface area contributed by atoms with Crippen LogP contribution in [0.3, 0.4) is 0 Å². The molecule has 3 aromatic rings. The molecule has 36 heavy (non-hydrogen) atoms. The van der Waals surface area contributed by atoms with E-state index in [0.717, 1.165) is 18.0 Å². The van der Waals surface area contributed by atoms with E-state index < -0.39 is 5.79 Å². The Balaban J connectivity index is 1.44. The summed E-state index contributed by atoms with van der Waals surface area (Å²) in [6, 6.07) is 8.79. The van der Waals surface area contributed by atoms with Crippen molar-refractivity contribution in [3.63, 3.8) is 0 Å². The van der Waals surface area contributed by atoms with E-state index in [9.17, 15) is 10.1 Å². The first-order valence-electron chi connectivity index (χ1n) is 12.3. The SMILES string of the molecule is CC(c1ccc2c(c1)OC(C)(C)O2)N1C[C@H](C)N(c2nc(=O)n(C)c3c2nc(CC#N)n3C)C[C@H]1C. The predicted molar refractivity (Wildman–Crippen MR) is 136 cm³/mol. The van der Waals surface area contributed by atoms with Gasteiger partial charge in [-0.2, -0.15) is 10.2 Å².